The van der Waals surface area contributed by atoms with Crippen LogP contribution < -0.4 is 4.90 Å². The molecule has 108 valence electrons. The Bertz CT molecular complexity index is 657. The molecule has 0 fully saturated rings. The first-order valence-corrected chi connectivity index (χ1v) is 7.78. The molecular formula is C17H16BrNO2. The maximum Gasteiger partial charge on any atom is 0.335 e. The zero-order valence-electron chi connectivity index (χ0n) is 11.6. The Morgan fingerprint density at radius 3 is 2.24 bits per heavy atom. The van der Waals surface area contributed by atoms with Crippen LogP contribution in [0.1, 0.15) is 21.5 Å². The summed E-state index contributed by atoms with van der Waals surface area (Å²) in [5.41, 5.74) is 4.08. The normalized spacial score (nSPS) is 14.4. The van der Waals surface area contributed by atoms with Gasteiger partial charge < -0.3 is 10.0 Å². The third-order valence-electron chi connectivity index (χ3n) is 3.92. The van der Waals surface area contributed by atoms with Gasteiger partial charge in [-0.2, -0.15) is 0 Å². The Labute approximate surface area is 132 Å². The number of nitrogens with zero attached hydrogens (tertiary/aromatic N) is 1. The van der Waals surface area contributed by atoms with E-state index in [0.29, 0.717) is 5.56 Å². The first-order chi connectivity index (χ1) is 10.1. The summed E-state index contributed by atoms with van der Waals surface area (Å²) in [7, 11) is 0. The Kier molecular flexibility index (Phi) is 3.97. The molecule has 1 N–H and O–H groups in total. The molecule has 1 aliphatic rings. The summed E-state index contributed by atoms with van der Waals surface area (Å²) >= 11 is 3.41. The second kappa shape index (κ2) is 5.90. The fourth-order valence-corrected chi connectivity index (χ4v) is 3.29. The van der Waals surface area contributed by atoms with E-state index in [2.05, 4.69) is 45.1 Å². The van der Waals surface area contributed by atoms with Crippen molar-refractivity contribution in [1.82, 2.24) is 0 Å². The van der Waals surface area contributed by atoms with E-state index in [4.69, 9.17) is 0 Å². The summed E-state index contributed by atoms with van der Waals surface area (Å²) in [5.74, 6) is -0.893. The number of aromatic carboxylic acids is 1. The minimum atomic E-state index is -0.893. The van der Waals surface area contributed by atoms with E-state index in [1.807, 2.05) is 6.07 Å². The summed E-state index contributed by atoms with van der Waals surface area (Å²) in [6, 6.07) is 13.9. The monoisotopic (exact) mass is 345 g/mol. The molecule has 0 radical (unpaired) electrons. The van der Waals surface area contributed by atoms with E-state index in [1.54, 1.807) is 12.1 Å². The Hall–Kier alpha value is -1.81. The Balaban J connectivity index is 1.87. The number of carboxylic acid groups (broad SMARTS) is 1. The molecule has 3 nitrogen and oxygen atoms in total. The average molecular weight is 346 g/mol. The van der Waals surface area contributed by atoms with E-state index < -0.39 is 5.97 Å². The first-order valence-electron chi connectivity index (χ1n) is 6.99. The van der Waals surface area contributed by atoms with Gasteiger partial charge in [-0.25, -0.2) is 4.79 Å². The number of carboxylic acids is 1. The van der Waals surface area contributed by atoms with Gasteiger partial charge in [0.2, 0.25) is 0 Å². The molecular weight excluding hydrogens is 330 g/mol. The zero-order valence-corrected chi connectivity index (χ0v) is 13.1. The van der Waals surface area contributed by atoms with Crippen molar-refractivity contribution in [2.75, 3.05) is 18.0 Å². The largest absolute Gasteiger partial charge is 0.478 e. The number of hydrogen-bond acceptors (Lipinski definition) is 2. The fraction of sp³-hybridized carbons (Fsp3) is 0.235. The van der Waals surface area contributed by atoms with Crippen LogP contribution in [0.2, 0.25) is 0 Å². The highest BCUT2D eigenvalue weighted by molar-refractivity contribution is 9.10. The van der Waals surface area contributed by atoms with Crippen molar-refractivity contribution in [3.05, 3.63) is 63.6 Å². The van der Waals surface area contributed by atoms with Gasteiger partial charge in [-0.1, -0.05) is 40.2 Å². The van der Waals surface area contributed by atoms with Crippen LogP contribution in [0, 0.1) is 0 Å². The minimum Gasteiger partial charge on any atom is -0.478 e. The summed E-state index contributed by atoms with van der Waals surface area (Å²) in [6.45, 7) is 1.82. The van der Waals surface area contributed by atoms with Crippen molar-refractivity contribution in [3.63, 3.8) is 0 Å². The molecule has 0 aliphatic carbocycles. The maximum atomic E-state index is 11.2. The SMILES string of the molecule is O=C(O)c1cc(Br)cc(N2CCc3ccccc3CC2)c1. The molecule has 0 spiro atoms. The topological polar surface area (TPSA) is 40.5 Å². The summed E-state index contributed by atoms with van der Waals surface area (Å²) in [5, 5.41) is 9.19. The molecule has 1 heterocycles. The highest BCUT2D eigenvalue weighted by atomic mass is 79.9. The lowest BCUT2D eigenvalue weighted by atomic mass is 10.0. The molecule has 0 unspecified atom stereocenters. The maximum absolute atomic E-state index is 11.2. The van der Waals surface area contributed by atoms with E-state index >= 15 is 0 Å². The lowest BCUT2D eigenvalue weighted by Crippen LogP contribution is -2.26. The number of anilines is 1. The second-order valence-electron chi connectivity index (χ2n) is 5.26. The Morgan fingerprint density at radius 2 is 1.67 bits per heavy atom. The summed E-state index contributed by atoms with van der Waals surface area (Å²) in [6.07, 6.45) is 1.98. The van der Waals surface area contributed by atoms with Crippen LogP contribution in [-0.2, 0) is 12.8 Å². The summed E-state index contributed by atoms with van der Waals surface area (Å²) < 4.78 is 0.805. The highest BCUT2D eigenvalue weighted by Crippen LogP contribution is 2.26. The van der Waals surface area contributed by atoms with Crippen molar-refractivity contribution in [1.29, 1.82) is 0 Å². The van der Waals surface area contributed by atoms with Crippen molar-refractivity contribution in [2.45, 2.75) is 12.8 Å². The standard InChI is InChI=1S/C17H16BrNO2/c18-15-9-14(17(20)21)10-16(11-15)19-7-5-12-3-1-2-4-13(12)6-8-19/h1-4,9-11H,5-8H2,(H,20,21). The minimum absolute atomic E-state index is 0.320. The molecule has 0 saturated heterocycles. The first kappa shape index (κ1) is 14.1. The molecule has 3 rings (SSSR count). The molecule has 0 atom stereocenters. The highest BCUT2D eigenvalue weighted by Gasteiger charge is 2.16. The van der Waals surface area contributed by atoms with Crippen molar-refractivity contribution in [3.8, 4) is 0 Å². The van der Waals surface area contributed by atoms with Crippen molar-refractivity contribution >= 4 is 27.6 Å². The van der Waals surface area contributed by atoms with Crippen LogP contribution in [0.4, 0.5) is 5.69 Å². The molecule has 0 bridgehead atoms. The van der Waals surface area contributed by atoms with E-state index in [1.165, 1.54) is 11.1 Å². The van der Waals surface area contributed by atoms with Gasteiger partial charge in [0.25, 0.3) is 0 Å². The van der Waals surface area contributed by atoms with Gasteiger partial charge in [0.05, 0.1) is 5.56 Å². The van der Waals surface area contributed by atoms with Gasteiger partial charge in [-0.15, -0.1) is 0 Å². The number of halogens is 1. The van der Waals surface area contributed by atoms with Crippen LogP contribution in [0.25, 0.3) is 0 Å². The Morgan fingerprint density at radius 1 is 1.05 bits per heavy atom. The lowest BCUT2D eigenvalue weighted by molar-refractivity contribution is 0.0697. The van der Waals surface area contributed by atoms with Crippen LogP contribution in [0.3, 0.4) is 0 Å². The molecule has 21 heavy (non-hydrogen) atoms. The molecule has 2 aromatic carbocycles. The molecule has 0 amide bonds. The summed E-state index contributed by atoms with van der Waals surface area (Å²) in [4.78, 5) is 13.5. The van der Waals surface area contributed by atoms with E-state index in [-0.39, 0.29) is 0 Å². The fourth-order valence-electron chi connectivity index (χ4n) is 2.81. The number of carbonyl (C=O) groups is 1. The van der Waals surface area contributed by atoms with Crippen LogP contribution in [-0.4, -0.2) is 24.2 Å². The van der Waals surface area contributed by atoms with Crippen LogP contribution >= 0.6 is 15.9 Å². The van der Waals surface area contributed by atoms with E-state index in [9.17, 15) is 9.90 Å². The van der Waals surface area contributed by atoms with Crippen LogP contribution in [0.5, 0.6) is 0 Å². The number of hydrogen-bond donors (Lipinski definition) is 1. The molecule has 0 aromatic heterocycles. The van der Waals surface area contributed by atoms with Gasteiger partial charge in [0.1, 0.15) is 0 Å². The number of fused-ring (bicyclic) bond motifs is 1. The van der Waals surface area contributed by atoms with Gasteiger partial charge in [0, 0.05) is 23.2 Å². The second-order valence-corrected chi connectivity index (χ2v) is 6.17. The molecule has 2 aromatic rings. The quantitative estimate of drug-likeness (QED) is 0.900. The van der Waals surface area contributed by atoms with Gasteiger partial charge in [-0.3, -0.25) is 0 Å². The zero-order chi connectivity index (χ0) is 14.8. The molecule has 1 aliphatic heterocycles. The molecule has 0 saturated carbocycles. The van der Waals surface area contributed by atoms with Crippen molar-refractivity contribution < 1.29 is 9.90 Å². The van der Waals surface area contributed by atoms with Gasteiger partial charge in [-0.05, 0) is 42.2 Å². The lowest BCUT2D eigenvalue weighted by Gasteiger charge is -2.23. The predicted molar refractivity (Wildman–Crippen MR) is 87.2 cm³/mol. The van der Waals surface area contributed by atoms with Crippen LogP contribution in [0.15, 0.2) is 46.9 Å². The van der Waals surface area contributed by atoms with Gasteiger partial charge >= 0.3 is 5.97 Å². The predicted octanol–water partition coefficient (Wildman–Crippen LogP) is 3.75. The van der Waals surface area contributed by atoms with Crippen molar-refractivity contribution in [2.24, 2.45) is 0 Å². The number of benzene rings is 2. The third-order valence-corrected chi connectivity index (χ3v) is 4.37. The molecule has 4 heteroatoms. The average Bonchev–Trinajstić information content (AvgIpc) is 2.69. The van der Waals surface area contributed by atoms with E-state index in [0.717, 1.165) is 36.1 Å². The number of rotatable bonds is 2. The smallest absolute Gasteiger partial charge is 0.335 e. The van der Waals surface area contributed by atoms with Gasteiger partial charge in [0.15, 0.2) is 0 Å². The third kappa shape index (κ3) is 3.10.